The van der Waals surface area contributed by atoms with Gasteiger partial charge in [0.1, 0.15) is 5.71 Å². The Morgan fingerprint density at radius 2 is 2.08 bits per heavy atom. The molecule has 0 rings (SSSR count). The highest BCUT2D eigenvalue weighted by atomic mass is 16.1. The standard InChI is InChI=1S/C10H14N2O/c1-4-6-8(9(11)5-2)10(12)7(3)13/h4-6,12H,2,11H2,1,3H3/b6-4-,9-8-,12-10?. The van der Waals surface area contributed by atoms with Crippen molar-refractivity contribution in [3.63, 3.8) is 0 Å². The monoisotopic (exact) mass is 178 g/mol. The van der Waals surface area contributed by atoms with Gasteiger partial charge in [0.15, 0.2) is 5.78 Å². The summed E-state index contributed by atoms with van der Waals surface area (Å²) < 4.78 is 0. The molecule has 0 aromatic rings. The summed E-state index contributed by atoms with van der Waals surface area (Å²) in [7, 11) is 0. The van der Waals surface area contributed by atoms with E-state index in [0.717, 1.165) is 0 Å². The lowest BCUT2D eigenvalue weighted by molar-refractivity contribution is -0.111. The smallest absolute Gasteiger partial charge is 0.178 e. The van der Waals surface area contributed by atoms with E-state index in [-0.39, 0.29) is 11.5 Å². The molecule has 0 saturated heterocycles. The van der Waals surface area contributed by atoms with Gasteiger partial charge in [-0.05, 0) is 13.0 Å². The maximum absolute atomic E-state index is 10.9. The third kappa shape index (κ3) is 3.07. The van der Waals surface area contributed by atoms with Crippen molar-refractivity contribution in [1.82, 2.24) is 0 Å². The van der Waals surface area contributed by atoms with Crippen LogP contribution in [0.25, 0.3) is 0 Å². The molecule has 0 heterocycles. The summed E-state index contributed by atoms with van der Waals surface area (Å²) in [5.41, 5.74) is 6.24. The minimum absolute atomic E-state index is 0.0875. The molecule has 0 aromatic heterocycles. The number of carbonyl (C=O) groups excluding carboxylic acids is 1. The molecule has 0 radical (unpaired) electrons. The summed E-state index contributed by atoms with van der Waals surface area (Å²) in [6, 6.07) is 0. The van der Waals surface area contributed by atoms with Crippen molar-refractivity contribution in [1.29, 1.82) is 5.41 Å². The van der Waals surface area contributed by atoms with E-state index >= 15 is 0 Å². The van der Waals surface area contributed by atoms with Crippen molar-refractivity contribution in [3.05, 3.63) is 36.1 Å². The Labute approximate surface area is 78.1 Å². The van der Waals surface area contributed by atoms with E-state index in [1.807, 2.05) is 0 Å². The van der Waals surface area contributed by atoms with Crippen molar-refractivity contribution >= 4 is 11.5 Å². The maximum Gasteiger partial charge on any atom is 0.178 e. The Bertz CT molecular complexity index is 298. The van der Waals surface area contributed by atoms with Crippen LogP contribution in [0.2, 0.25) is 0 Å². The minimum atomic E-state index is -0.307. The van der Waals surface area contributed by atoms with Gasteiger partial charge in [-0.15, -0.1) is 0 Å². The molecule has 0 aliphatic rings. The molecule has 3 N–H and O–H groups in total. The predicted octanol–water partition coefficient (Wildman–Crippen LogP) is 1.57. The van der Waals surface area contributed by atoms with E-state index < -0.39 is 0 Å². The zero-order chi connectivity index (χ0) is 10.4. The fourth-order valence-electron chi connectivity index (χ4n) is 0.790. The van der Waals surface area contributed by atoms with Gasteiger partial charge in [-0.2, -0.15) is 0 Å². The Balaban J connectivity index is 5.16. The molecule has 0 bridgehead atoms. The van der Waals surface area contributed by atoms with E-state index in [1.165, 1.54) is 13.0 Å². The molecule has 0 aliphatic heterocycles. The molecule has 0 aliphatic carbocycles. The lowest BCUT2D eigenvalue weighted by Crippen LogP contribution is -2.14. The highest BCUT2D eigenvalue weighted by Gasteiger charge is 2.09. The number of carbonyl (C=O) groups is 1. The fraction of sp³-hybridized carbons (Fsp3) is 0.200. The molecule has 3 heteroatoms. The van der Waals surface area contributed by atoms with Crippen LogP contribution in [0.4, 0.5) is 0 Å². The van der Waals surface area contributed by atoms with Crippen molar-refractivity contribution in [2.24, 2.45) is 5.73 Å². The molecule has 0 amide bonds. The fourth-order valence-corrected chi connectivity index (χ4v) is 0.790. The van der Waals surface area contributed by atoms with Gasteiger partial charge in [-0.3, -0.25) is 10.2 Å². The molecule has 13 heavy (non-hydrogen) atoms. The minimum Gasteiger partial charge on any atom is -0.398 e. The number of allylic oxidation sites excluding steroid dienone is 4. The molecule has 0 atom stereocenters. The van der Waals surface area contributed by atoms with Crippen LogP contribution in [-0.4, -0.2) is 11.5 Å². The van der Waals surface area contributed by atoms with Crippen molar-refractivity contribution in [2.45, 2.75) is 13.8 Å². The normalized spacial score (nSPS) is 12.5. The van der Waals surface area contributed by atoms with Crippen LogP contribution < -0.4 is 5.73 Å². The van der Waals surface area contributed by atoms with E-state index in [2.05, 4.69) is 6.58 Å². The highest BCUT2D eigenvalue weighted by molar-refractivity contribution is 6.45. The number of nitrogens with two attached hydrogens (primary N) is 1. The third-order valence-electron chi connectivity index (χ3n) is 1.49. The zero-order valence-electron chi connectivity index (χ0n) is 7.92. The van der Waals surface area contributed by atoms with Crippen molar-refractivity contribution in [2.75, 3.05) is 0 Å². The van der Waals surface area contributed by atoms with Crippen LogP contribution in [0.3, 0.4) is 0 Å². The summed E-state index contributed by atoms with van der Waals surface area (Å²) in [5, 5.41) is 7.45. The van der Waals surface area contributed by atoms with E-state index in [9.17, 15) is 4.79 Å². The molecule has 0 spiro atoms. The van der Waals surface area contributed by atoms with Gasteiger partial charge in [0.05, 0.1) is 0 Å². The first-order valence-corrected chi connectivity index (χ1v) is 3.89. The van der Waals surface area contributed by atoms with Crippen LogP contribution >= 0.6 is 0 Å². The van der Waals surface area contributed by atoms with Crippen molar-refractivity contribution in [3.8, 4) is 0 Å². The van der Waals surface area contributed by atoms with E-state index in [4.69, 9.17) is 11.1 Å². The second-order valence-electron chi connectivity index (χ2n) is 2.50. The Hall–Kier alpha value is -1.64. The molecular weight excluding hydrogens is 164 g/mol. The number of hydrogen-bond donors (Lipinski definition) is 2. The van der Waals surface area contributed by atoms with Gasteiger partial charge >= 0.3 is 0 Å². The van der Waals surface area contributed by atoms with Gasteiger partial charge < -0.3 is 5.73 Å². The average Bonchev–Trinajstić information content (AvgIpc) is 2.11. The molecular formula is C10H14N2O. The van der Waals surface area contributed by atoms with Gasteiger partial charge in [-0.1, -0.05) is 18.7 Å². The number of nitrogens with one attached hydrogen (secondary N) is 1. The quantitative estimate of drug-likeness (QED) is 0.507. The molecule has 70 valence electrons. The third-order valence-corrected chi connectivity index (χ3v) is 1.49. The summed E-state index contributed by atoms with van der Waals surface area (Å²) in [4.78, 5) is 10.9. The maximum atomic E-state index is 10.9. The lowest BCUT2D eigenvalue weighted by atomic mass is 10.0. The first-order chi connectivity index (χ1) is 6.04. The molecule has 0 fully saturated rings. The van der Waals surface area contributed by atoms with Gasteiger partial charge in [0.25, 0.3) is 0 Å². The Morgan fingerprint density at radius 1 is 1.54 bits per heavy atom. The predicted molar refractivity (Wildman–Crippen MR) is 54.6 cm³/mol. The Kier molecular flexibility index (Phi) is 4.44. The molecule has 0 unspecified atom stereocenters. The van der Waals surface area contributed by atoms with Gasteiger partial charge in [0.2, 0.25) is 0 Å². The second kappa shape index (κ2) is 5.09. The molecule has 0 saturated carbocycles. The van der Waals surface area contributed by atoms with Crippen molar-refractivity contribution < 1.29 is 4.79 Å². The second-order valence-corrected chi connectivity index (χ2v) is 2.50. The summed E-state index contributed by atoms with van der Waals surface area (Å²) in [6.45, 7) is 6.61. The van der Waals surface area contributed by atoms with E-state index in [1.54, 1.807) is 19.1 Å². The summed E-state index contributed by atoms with van der Waals surface area (Å²) >= 11 is 0. The largest absolute Gasteiger partial charge is 0.398 e. The van der Waals surface area contributed by atoms with Crippen LogP contribution in [0.5, 0.6) is 0 Å². The highest BCUT2D eigenvalue weighted by Crippen LogP contribution is 2.05. The summed E-state index contributed by atoms with van der Waals surface area (Å²) in [5.74, 6) is -0.307. The average molecular weight is 178 g/mol. The Morgan fingerprint density at radius 3 is 2.38 bits per heavy atom. The number of hydrogen-bond acceptors (Lipinski definition) is 3. The van der Waals surface area contributed by atoms with E-state index in [0.29, 0.717) is 11.3 Å². The number of Topliss-reactive ketones (excluding diaryl/α,β-unsaturated/α-hetero) is 1. The zero-order valence-corrected chi connectivity index (χ0v) is 7.92. The lowest BCUT2D eigenvalue weighted by Gasteiger charge is -2.03. The molecule has 0 aromatic carbocycles. The topological polar surface area (TPSA) is 66.9 Å². The SMILES string of the molecule is C=C/C(N)=C(\C=C/C)C(=N)C(C)=O. The first kappa shape index (κ1) is 11.4. The van der Waals surface area contributed by atoms with Crippen LogP contribution in [0, 0.1) is 5.41 Å². The number of ketones is 1. The van der Waals surface area contributed by atoms with Crippen LogP contribution in [0.1, 0.15) is 13.8 Å². The first-order valence-electron chi connectivity index (χ1n) is 3.89. The van der Waals surface area contributed by atoms with Crippen LogP contribution in [0.15, 0.2) is 36.1 Å². The molecule has 3 nitrogen and oxygen atoms in total. The van der Waals surface area contributed by atoms with Crippen LogP contribution in [-0.2, 0) is 4.79 Å². The van der Waals surface area contributed by atoms with Gasteiger partial charge in [-0.25, -0.2) is 0 Å². The van der Waals surface area contributed by atoms with Gasteiger partial charge in [0, 0.05) is 18.2 Å². The number of rotatable bonds is 4. The summed E-state index contributed by atoms with van der Waals surface area (Å²) in [6.07, 6.45) is 4.77.